The van der Waals surface area contributed by atoms with Gasteiger partial charge in [0, 0.05) is 34.8 Å². The van der Waals surface area contributed by atoms with Crippen molar-refractivity contribution in [2.45, 2.75) is 6.54 Å². The Morgan fingerprint density at radius 2 is 1.89 bits per heavy atom. The van der Waals surface area contributed by atoms with Crippen LogP contribution in [0.25, 0.3) is 22.0 Å². The number of aromatic amines is 1. The summed E-state index contributed by atoms with van der Waals surface area (Å²) >= 11 is 0. The Labute approximate surface area is 109 Å². The summed E-state index contributed by atoms with van der Waals surface area (Å²) in [6, 6.07) is 12.0. The molecular formula is C15H13N2O2+. The summed E-state index contributed by atoms with van der Waals surface area (Å²) in [5.41, 5.74) is 3.29. The zero-order valence-corrected chi connectivity index (χ0v) is 10.2. The molecule has 0 amide bonds. The SMILES string of the molecule is O=C(O)C[n+]1ccc(-c2c[nH]c3ccccc23)cc1. The maximum Gasteiger partial charge on any atom is 0.370 e. The zero-order chi connectivity index (χ0) is 13.2. The van der Waals surface area contributed by atoms with Gasteiger partial charge in [0.25, 0.3) is 0 Å². The van der Waals surface area contributed by atoms with Crippen LogP contribution in [0.2, 0.25) is 0 Å². The smallest absolute Gasteiger partial charge is 0.370 e. The molecule has 0 saturated carbocycles. The van der Waals surface area contributed by atoms with Crippen molar-refractivity contribution in [3.63, 3.8) is 0 Å². The monoisotopic (exact) mass is 253 g/mol. The van der Waals surface area contributed by atoms with Gasteiger partial charge in [0.15, 0.2) is 12.4 Å². The number of rotatable bonds is 3. The summed E-state index contributed by atoms with van der Waals surface area (Å²) < 4.78 is 1.64. The highest BCUT2D eigenvalue weighted by atomic mass is 16.4. The third-order valence-electron chi connectivity index (χ3n) is 3.11. The molecule has 0 unspecified atom stereocenters. The molecule has 1 aromatic carbocycles. The number of carbonyl (C=O) groups is 1. The average Bonchev–Trinajstić information content (AvgIpc) is 2.83. The van der Waals surface area contributed by atoms with Crippen LogP contribution < -0.4 is 4.57 Å². The minimum atomic E-state index is -0.843. The fourth-order valence-corrected chi connectivity index (χ4v) is 2.21. The number of para-hydroxylation sites is 1. The first-order valence-corrected chi connectivity index (χ1v) is 6.01. The molecule has 2 N–H and O–H groups in total. The van der Waals surface area contributed by atoms with E-state index in [1.54, 1.807) is 17.0 Å². The van der Waals surface area contributed by atoms with Gasteiger partial charge >= 0.3 is 5.97 Å². The molecule has 0 aliphatic rings. The highest BCUT2D eigenvalue weighted by Crippen LogP contribution is 2.27. The van der Waals surface area contributed by atoms with Crippen molar-refractivity contribution in [2.75, 3.05) is 0 Å². The first-order chi connectivity index (χ1) is 9.24. The minimum absolute atomic E-state index is 0.0197. The molecule has 3 rings (SSSR count). The van der Waals surface area contributed by atoms with E-state index in [-0.39, 0.29) is 6.54 Å². The third-order valence-corrected chi connectivity index (χ3v) is 3.11. The first-order valence-electron chi connectivity index (χ1n) is 6.01. The molecule has 3 aromatic rings. The van der Waals surface area contributed by atoms with Crippen molar-refractivity contribution in [2.24, 2.45) is 0 Å². The van der Waals surface area contributed by atoms with Crippen molar-refractivity contribution in [1.82, 2.24) is 4.98 Å². The molecule has 19 heavy (non-hydrogen) atoms. The fraction of sp³-hybridized carbons (Fsp3) is 0.0667. The van der Waals surface area contributed by atoms with Crippen LogP contribution in [0.5, 0.6) is 0 Å². The number of benzene rings is 1. The molecule has 4 heteroatoms. The summed E-state index contributed by atoms with van der Waals surface area (Å²) in [4.78, 5) is 13.9. The van der Waals surface area contributed by atoms with Gasteiger partial charge in [-0.1, -0.05) is 18.2 Å². The number of aromatic nitrogens is 2. The molecule has 0 fully saturated rings. The Balaban J connectivity index is 2.00. The third kappa shape index (κ3) is 2.20. The van der Waals surface area contributed by atoms with Crippen molar-refractivity contribution in [3.8, 4) is 11.1 Å². The molecule has 0 aliphatic carbocycles. The van der Waals surface area contributed by atoms with Gasteiger partial charge in [-0.2, -0.15) is 4.57 Å². The number of aliphatic carboxylic acids is 1. The minimum Gasteiger partial charge on any atom is -0.477 e. The summed E-state index contributed by atoms with van der Waals surface area (Å²) in [5, 5.41) is 9.90. The maximum absolute atomic E-state index is 10.6. The first kappa shape index (κ1) is 11.5. The molecule has 0 atom stereocenters. The number of hydrogen-bond donors (Lipinski definition) is 2. The summed E-state index contributed by atoms with van der Waals surface area (Å²) in [7, 11) is 0. The van der Waals surface area contributed by atoms with Crippen LogP contribution in [0.3, 0.4) is 0 Å². The lowest BCUT2D eigenvalue weighted by Crippen LogP contribution is -2.36. The second kappa shape index (κ2) is 4.57. The molecule has 0 spiro atoms. The standard InChI is InChI=1S/C15H12N2O2/c18-15(19)10-17-7-5-11(6-8-17)13-9-16-14-4-2-1-3-12(13)14/h1-9H,10H2,(H,18,19)/p+1. The number of nitrogens with one attached hydrogen (secondary N) is 1. The van der Waals surface area contributed by atoms with Gasteiger partial charge in [0.05, 0.1) is 0 Å². The Morgan fingerprint density at radius 3 is 2.63 bits per heavy atom. The Bertz CT molecular complexity index is 729. The van der Waals surface area contributed by atoms with Crippen LogP contribution in [-0.4, -0.2) is 16.1 Å². The molecule has 0 radical (unpaired) electrons. The van der Waals surface area contributed by atoms with Gasteiger partial charge in [-0.3, -0.25) is 0 Å². The van der Waals surface area contributed by atoms with E-state index in [4.69, 9.17) is 5.11 Å². The van der Waals surface area contributed by atoms with Gasteiger partial charge in [0.1, 0.15) is 0 Å². The van der Waals surface area contributed by atoms with Crippen LogP contribution in [-0.2, 0) is 11.3 Å². The van der Waals surface area contributed by atoms with Gasteiger partial charge in [0.2, 0.25) is 6.54 Å². The van der Waals surface area contributed by atoms with Crippen LogP contribution in [0, 0.1) is 0 Å². The lowest BCUT2D eigenvalue weighted by atomic mass is 10.1. The van der Waals surface area contributed by atoms with E-state index in [1.807, 2.05) is 36.5 Å². The Kier molecular flexibility index (Phi) is 2.76. The Hall–Kier alpha value is -2.62. The lowest BCUT2D eigenvalue weighted by Gasteiger charge is -1.98. The quantitative estimate of drug-likeness (QED) is 0.703. The zero-order valence-electron chi connectivity index (χ0n) is 10.2. The maximum atomic E-state index is 10.6. The number of hydrogen-bond acceptors (Lipinski definition) is 1. The Morgan fingerprint density at radius 1 is 1.16 bits per heavy atom. The molecule has 0 saturated heterocycles. The topological polar surface area (TPSA) is 57.0 Å². The van der Waals surface area contributed by atoms with E-state index < -0.39 is 5.97 Å². The summed E-state index contributed by atoms with van der Waals surface area (Å²) in [6.45, 7) is -0.0197. The van der Waals surface area contributed by atoms with Crippen LogP contribution in [0.1, 0.15) is 0 Å². The number of carboxylic acid groups (broad SMARTS) is 1. The van der Waals surface area contributed by atoms with E-state index in [0.717, 1.165) is 16.6 Å². The van der Waals surface area contributed by atoms with Crippen LogP contribution >= 0.6 is 0 Å². The molecule has 2 heterocycles. The lowest BCUT2D eigenvalue weighted by molar-refractivity contribution is -0.685. The summed E-state index contributed by atoms with van der Waals surface area (Å²) in [5.74, 6) is -0.843. The average molecular weight is 253 g/mol. The van der Waals surface area contributed by atoms with Crippen LogP contribution in [0.15, 0.2) is 55.0 Å². The predicted molar refractivity (Wildman–Crippen MR) is 71.6 cm³/mol. The van der Waals surface area contributed by atoms with Crippen LogP contribution in [0.4, 0.5) is 0 Å². The fourth-order valence-electron chi connectivity index (χ4n) is 2.21. The van der Waals surface area contributed by atoms with Crippen molar-refractivity contribution < 1.29 is 14.5 Å². The van der Waals surface area contributed by atoms with Gasteiger partial charge in [-0.25, -0.2) is 4.79 Å². The van der Waals surface area contributed by atoms with Gasteiger partial charge < -0.3 is 10.1 Å². The van der Waals surface area contributed by atoms with Gasteiger partial charge in [-0.05, 0) is 11.6 Å². The second-order valence-corrected chi connectivity index (χ2v) is 4.40. The highest BCUT2D eigenvalue weighted by Gasteiger charge is 2.09. The van der Waals surface area contributed by atoms with Crippen molar-refractivity contribution >= 4 is 16.9 Å². The van der Waals surface area contributed by atoms with Crippen molar-refractivity contribution in [1.29, 1.82) is 0 Å². The molecule has 94 valence electrons. The molecule has 2 aromatic heterocycles. The summed E-state index contributed by atoms with van der Waals surface area (Å²) in [6.07, 6.45) is 5.54. The van der Waals surface area contributed by atoms with Crippen molar-refractivity contribution in [3.05, 3.63) is 55.0 Å². The predicted octanol–water partition coefficient (Wildman–Crippen LogP) is 2.21. The van der Waals surface area contributed by atoms with E-state index in [9.17, 15) is 4.79 Å². The normalized spacial score (nSPS) is 10.7. The largest absolute Gasteiger partial charge is 0.477 e. The number of nitrogens with zero attached hydrogens (tertiary/aromatic N) is 1. The molecular weight excluding hydrogens is 240 g/mol. The number of carboxylic acids is 1. The van der Waals surface area contributed by atoms with E-state index in [0.29, 0.717) is 0 Å². The van der Waals surface area contributed by atoms with E-state index in [1.165, 1.54) is 5.39 Å². The van der Waals surface area contributed by atoms with Gasteiger partial charge in [-0.15, -0.1) is 0 Å². The molecule has 4 nitrogen and oxygen atoms in total. The number of fused-ring (bicyclic) bond motifs is 1. The van der Waals surface area contributed by atoms with E-state index in [2.05, 4.69) is 11.1 Å². The highest BCUT2D eigenvalue weighted by molar-refractivity contribution is 5.95. The number of pyridine rings is 1. The molecule has 0 bridgehead atoms. The number of H-pyrrole nitrogens is 1. The molecule has 0 aliphatic heterocycles. The van der Waals surface area contributed by atoms with E-state index >= 15 is 0 Å². The second-order valence-electron chi connectivity index (χ2n) is 4.40.